The molecule has 0 amide bonds. The SMILES string of the molecule is CN=C(NCc1cc(C(C)C)no1)NC(C)c1ccccc1Cl. The fourth-order valence-corrected chi connectivity index (χ4v) is 2.46. The summed E-state index contributed by atoms with van der Waals surface area (Å²) in [5.41, 5.74) is 1.98. The lowest BCUT2D eigenvalue weighted by atomic mass is 10.1. The summed E-state index contributed by atoms with van der Waals surface area (Å²) in [5, 5.41) is 11.3. The highest BCUT2D eigenvalue weighted by molar-refractivity contribution is 6.31. The summed E-state index contributed by atoms with van der Waals surface area (Å²) in [6, 6.07) is 9.77. The van der Waals surface area contributed by atoms with E-state index < -0.39 is 0 Å². The number of hydrogen-bond donors (Lipinski definition) is 2. The molecule has 1 unspecified atom stereocenters. The molecule has 0 saturated carbocycles. The molecule has 1 atom stereocenters. The molecule has 124 valence electrons. The Labute approximate surface area is 142 Å². The number of hydrogen-bond acceptors (Lipinski definition) is 3. The van der Waals surface area contributed by atoms with Crippen LogP contribution >= 0.6 is 11.6 Å². The lowest BCUT2D eigenvalue weighted by Gasteiger charge is -2.18. The van der Waals surface area contributed by atoms with Gasteiger partial charge in [0, 0.05) is 18.1 Å². The lowest BCUT2D eigenvalue weighted by molar-refractivity contribution is 0.371. The number of benzene rings is 1. The molecule has 6 heteroatoms. The molecule has 0 aliphatic heterocycles. The molecular formula is C17H23ClN4O. The van der Waals surface area contributed by atoms with Crippen LogP contribution in [0.25, 0.3) is 0 Å². The molecule has 2 aromatic rings. The fraction of sp³-hybridized carbons (Fsp3) is 0.412. The largest absolute Gasteiger partial charge is 0.359 e. The summed E-state index contributed by atoms with van der Waals surface area (Å²) in [6.45, 7) is 6.73. The highest BCUT2D eigenvalue weighted by Gasteiger charge is 2.12. The standard InChI is InChI=1S/C17H23ClN4O/c1-11(2)16-9-13(23-22-16)10-20-17(19-4)21-12(3)14-7-5-6-8-15(14)18/h5-9,11-12H,10H2,1-4H3,(H2,19,20,21). The van der Waals surface area contributed by atoms with Crippen molar-refractivity contribution in [3.8, 4) is 0 Å². The summed E-state index contributed by atoms with van der Waals surface area (Å²) in [7, 11) is 1.73. The number of nitrogens with one attached hydrogen (secondary N) is 2. The van der Waals surface area contributed by atoms with Gasteiger partial charge in [-0.3, -0.25) is 4.99 Å². The third kappa shape index (κ3) is 4.73. The molecule has 0 bridgehead atoms. The molecule has 0 saturated heterocycles. The van der Waals surface area contributed by atoms with Crippen LogP contribution in [0, 0.1) is 0 Å². The molecule has 2 rings (SSSR count). The molecular weight excluding hydrogens is 312 g/mol. The molecule has 0 aliphatic rings. The third-order valence-electron chi connectivity index (χ3n) is 3.55. The van der Waals surface area contributed by atoms with Crippen LogP contribution in [0.5, 0.6) is 0 Å². The van der Waals surface area contributed by atoms with Gasteiger partial charge in [0.15, 0.2) is 11.7 Å². The average molecular weight is 335 g/mol. The normalized spacial score (nSPS) is 13.2. The van der Waals surface area contributed by atoms with Crippen molar-refractivity contribution in [2.75, 3.05) is 7.05 Å². The Kier molecular flexibility index (Phi) is 6.04. The molecule has 1 heterocycles. The van der Waals surface area contributed by atoms with E-state index >= 15 is 0 Å². The van der Waals surface area contributed by atoms with Gasteiger partial charge in [-0.25, -0.2) is 0 Å². The second kappa shape index (κ2) is 8.02. The van der Waals surface area contributed by atoms with Gasteiger partial charge in [-0.2, -0.15) is 0 Å². The van der Waals surface area contributed by atoms with E-state index in [1.165, 1.54) is 0 Å². The predicted molar refractivity (Wildman–Crippen MR) is 93.8 cm³/mol. The van der Waals surface area contributed by atoms with Crippen LogP contribution in [-0.4, -0.2) is 18.2 Å². The Morgan fingerprint density at radius 1 is 1.30 bits per heavy atom. The van der Waals surface area contributed by atoms with Crippen LogP contribution in [0.3, 0.4) is 0 Å². The first-order chi connectivity index (χ1) is 11.0. The number of rotatable bonds is 5. The molecule has 0 radical (unpaired) electrons. The van der Waals surface area contributed by atoms with Crippen LogP contribution in [0.2, 0.25) is 5.02 Å². The zero-order valence-electron chi connectivity index (χ0n) is 13.9. The van der Waals surface area contributed by atoms with E-state index in [4.69, 9.17) is 16.1 Å². The molecule has 5 nitrogen and oxygen atoms in total. The Balaban J connectivity index is 1.94. The Morgan fingerprint density at radius 3 is 2.65 bits per heavy atom. The third-order valence-corrected chi connectivity index (χ3v) is 3.89. The number of nitrogens with zero attached hydrogens (tertiary/aromatic N) is 2. The molecule has 0 fully saturated rings. The minimum absolute atomic E-state index is 0.0378. The Morgan fingerprint density at radius 2 is 2.04 bits per heavy atom. The van der Waals surface area contributed by atoms with Gasteiger partial charge < -0.3 is 15.2 Å². The first-order valence-corrected chi connectivity index (χ1v) is 8.06. The van der Waals surface area contributed by atoms with Crippen molar-refractivity contribution in [2.45, 2.75) is 39.3 Å². The van der Waals surface area contributed by atoms with Crippen LogP contribution in [0.1, 0.15) is 49.7 Å². The molecule has 0 spiro atoms. The fourth-order valence-electron chi connectivity index (χ4n) is 2.16. The summed E-state index contributed by atoms with van der Waals surface area (Å²) < 4.78 is 5.31. The van der Waals surface area contributed by atoms with Crippen molar-refractivity contribution in [3.63, 3.8) is 0 Å². The van der Waals surface area contributed by atoms with Crippen molar-refractivity contribution in [3.05, 3.63) is 52.4 Å². The van der Waals surface area contributed by atoms with Gasteiger partial charge in [0.25, 0.3) is 0 Å². The maximum atomic E-state index is 6.23. The summed E-state index contributed by atoms with van der Waals surface area (Å²) >= 11 is 6.23. The zero-order valence-corrected chi connectivity index (χ0v) is 14.7. The van der Waals surface area contributed by atoms with Gasteiger partial charge in [0.1, 0.15) is 0 Å². The van der Waals surface area contributed by atoms with Crippen LogP contribution < -0.4 is 10.6 Å². The van der Waals surface area contributed by atoms with Crippen molar-refractivity contribution < 1.29 is 4.52 Å². The second-order valence-electron chi connectivity index (χ2n) is 5.69. The van der Waals surface area contributed by atoms with E-state index in [2.05, 4.69) is 34.6 Å². The number of aliphatic imine (C=N–C) groups is 1. The van der Waals surface area contributed by atoms with E-state index in [1.54, 1.807) is 7.05 Å². The highest BCUT2D eigenvalue weighted by atomic mass is 35.5. The molecule has 1 aromatic heterocycles. The topological polar surface area (TPSA) is 62.5 Å². The van der Waals surface area contributed by atoms with Crippen LogP contribution in [0.4, 0.5) is 0 Å². The highest BCUT2D eigenvalue weighted by Crippen LogP contribution is 2.22. The van der Waals surface area contributed by atoms with Crippen molar-refractivity contribution >= 4 is 17.6 Å². The summed E-state index contributed by atoms with van der Waals surface area (Å²) in [6.07, 6.45) is 0. The second-order valence-corrected chi connectivity index (χ2v) is 6.09. The minimum atomic E-state index is 0.0378. The number of aromatic nitrogens is 1. The average Bonchev–Trinajstić information content (AvgIpc) is 3.00. The van der Waals surface area contributed by atoms with Gasteiger partial charge in [-0.05, 0) is 24.5 Å². The van der Waals surface area contributed by atoms with Crippen LogP contribution in [0.15, 0.2) is 39.8 Å². The molecule has 23 heavy (non-hydrogen) atoms. The summed E-state index contributed by atoms with van der Waals surface area (Å²) in [5.74, 6) is 1.81. The Hall–Kier alpha value is -2.01. The maximum absolute atomic E-state index is 6.23. The quantitative estimate of drug-likeness (QED) is 0.643. The predicted octanol–water partition coefficient (Wildman–Crippen LogP) is 3.88. The van der Waals surface area contributed by atoms with Gasteiger partial charge in [-0.15, -0.1) is 0 Å². The maximum Gasteiger partial charge on any atom is 0.191 e. The first kappa shape index (κ1) is 17.3. The van der Waals surface area contributed by atoms with Crippen molar-refractivity contribution in [2.24, 2.45) is 4.99 Å². The summed E-state index contributed by atoms with van der Waals surface area (Å²) in [4.78, 5) is 4.23. The smallest absolute Gasteiger partial charge is 0.191 e. The minimum Gasteiger partial charge on any atom is -0.359 e. The van der Waals surface area contributed by atoms with E-state index in [0.717, 1.165) is 22.0 Å². The number of halogens is 1. The number of guanidine groups is 1. The molecule has 1 aromatic carbocycles. The van der Waals surface area contributed by atoms with E-state index in [1.807, 2.05) is 37.3 Å². The lowest BCUT2D eigenvalue weighted by Crippen LogP contribution is -2.38. The monoisotopic (exact) mass is 334 g/mol. The van der Waals surface area contributed by atoms with E-state index in [0.29, 0.717) is 18.4 Å². The zero-order chi connectivity index (χ0) is 16.8. The first-order valence-electron chi connectivity index (χ1n) is 7.68. The van der Waals surface area contributed by atoms with Crippen molar-refractivity contribution in [1.29, 1.82) is 0 Å². The van der Waals surface area contributed by atoms with E-state index in [9.17, 15) is 0 Å². The van der Waals surface area contributed by atoms with Crippen molar-refractivity contribution in [1.82, 2.24) is 15.8 Å². The van der Waals surface area contributed by atoms with E-state index in [-0.39, 0.29) is 6.04 Å². The van der Waals surface area contributed by atoms with Gasteiger partial charge >= 0.3 is 0 Å². The van der Waals surface area contributed by atoms with Crippen LogP contribution in [-0.2, 0) is 6.54 Å². The van der Waals surface area contributed by atoms with Gasteiger partial charge in [0.2, 0.25) is 0 Å². The van der Waals surface area contributed by atoms with Gasteiger partial charge in [-0.1, -0.05) is 48.8 Å². The molecule has 0 aliphatic carbocycles. The van der Waals surface area contributed by atoms with Gasteiger partial charge in [0.05, 0.1) is 18.3 Å². The molecule has 2 N–H and O–H groups in total. The Bertz CT molecular complexity index is 666.